The summed E-state index contributed by atoms with van der Waals surface area (Å²) in [6.07, 6.45) is 1.94. The highest BCUT2D eigenvalue weighted by atomic mass is 16.5. The van der Waals surface area contributed by atoms with Crippen molar-refractivity contribution in [3.63, 3.8) is 0 Å². The van der Waals surface area contributed by atoms with Crippen LogP contribution in [0.4, 0.5) is 5.95 Å². The summed E-state index contributed by atoms with van der Waals surface area (Å²) in [5, 5.41) is 3.39. The van der Waals surface area contributed by atoms with E-state index in [9.17, 15) is 0 Å². The third-order valence-electron chi connectivity index (χ3n) is 3.28. The molecule has 18 heavy (non-hydrogen) atoms. The molecule has 1 saturated heterocycles. The maximum atomic E-state index is 5.34. The van der Waals surface area contributed by atoms with Crippen LogP contribution in [-0.2, 0) is 4.74 Å². The molecule has 1 aromatic rings. The smallest absolute Gasteiger partial charge is 0.225 e. The Kier molecular flexibility index (Phi) is 4.49. The zero-order valence-electron chi connectivity index (χ0n) is 11.4. The predicted molar refractivity (Wildman–Crippen MR) is 71.9 cm³/mol. The quantitative estimate of drug-likeness (QED) is 0.872. The predicted octanol–water partition coefficient (Wildman–Crippen LogP) is 1.29. The minimum atomic E-state index is 0.300. The van der Waals surface area contributed by atoms with Gasteiger partial charge in [-0.3, -0.25) is 0 Å². The number of morpholine rings is 1. The summed E-state index contributed by atoms with van der Waals surface area (Å²) >= 11 is 0. The molecule has 5 heteroatoms. The number of hydrogen-bond donors (Lipinski definition) is 1. The molecule has 0 aliphatic carbocycles. The topological polar surface area (TPSA) is 50.3 Å². The molecule has 2 rings (SSSR count). The number of aromatic nitrogens is 2. The van der Waals surface area contributed by atoms with Gasteiger partial charge in [0.1, 0.15) is 0 Å². The Labute approximate surface area is 109 Å². The van der Waals surface area contributed by atoms with Crippen molar-refractivity contribution in [2.24, 2.45) is 0 Å². The standard InChI is InChI=1S/C13H22N4O/c1-4-14-10(2)12-9-15-13(16-11(12)3)17-5-7-18-8-6-17/h9-10,14H,4-8H2,1-3H3. The molecule has 1 fully saturated rings. The Bertz CT molecular complexity index is 391. The van der Waals surface area contributed by atoms with Crippen LogP contribution >= 0.6 is 0 Å². The fourth-order valence-corrected chi connectivity index (χ4v) is 2.22. The first kappa shape index (κ1) is 13.2. The molecule has 5 nitrogen and oxygen atoms in total. The van der Waals surface area contributed by atoms with Crippen LogP contribution in [0.3, 0.4) is 0 Å². The van der Waals surface area contributed by atoms with Gasteiger partial charge >= 0.3 is 0 Å². The SMILES string of the molecule is CCNC(C)c1cnc(N2CCOCC2)nc1C. The van der Waals surface area contributed by atoms with E-state index in [0.29, 0.717) is 6.04 Å². The lowest BCUT2D eigenvalue weighted by molar-refractivity contribution is 0.122. The highest BCUT2D eigenvalue weighted by Gasteiger charge is 2.16. The maximum Gasteiger partial charge on any atom is 0.225 e. The Hall–Kier alpha value is -1.20. The zero-order chi connectivity index (χ0) is 13.0. The molecular formula is C13H22N4O. The van der Waals surface area contributed by atoms with Crippen molar-refractivity contribution >= 4 is 5.95 Å². The van der Waals surface area contributed by atoms with E-state index in [1.54, 1.807) is 0 Å². The number of hydrogen-bond acceptors (Lipinski definition) is 5. The van der Waals surface area contributed by atoms with Crippen molar-refractivity contribution < 1.29 is 4.74 Å². The van der Waals surface area contributed by atoms with Crippen LogP contribution in [-0.4, -0.2) is 42.8 Å². The van der Waals surface area contributed by atoms with E-state index in [4.69, 9.17) is 4.74 Å². The lowest BCUT2D eigenvalue weighted by atomic mass is 10.1. The highest BCUT2D eigenvalue weighted by Crippen LogP contribution is 2.18. The fraction of sp³-hybridized carbons (Fsp3) is 0.692. The third kappa shape index (κ3) is 2.97. The Morgan fingerprint density at radius 1 is 1.44 bits per heavy atom. The van der Waals surface area contributed by atoms with Crippen molar-refractivity contribution in [1.82, 2.24) is 15.3 Å². The van der Waals surface area contributed by atoms with Gasteiger partial charge in [-0.15, -0.1) is 0 Å². The summed E-state index contributed by atoms with van der Waals surface area (Å²) in [7, 11) is 0. The molecule has 0 radical (unpaired) electrons. The molecule has 0 amide bonds. The van der Waals surface area contributed by atoms with Crippen molar-refractivity contribution in [2.45, 2.75) is 26.8 Å². The van der Waals surface area contributed by atoms with Crippen molar-refractivity contribution in [3.05, 3.63) is 17.5 Å². The van der Waals surface area contributed by atoms with E-state index >= 15 is 0 Å². The van der Waals surface area contributed by atoms with Gasteiger partial charge in [0.2, 0.25) is 5.95 Å². The molecule has 0 bridgehead atoms. The largest absolute Gasteiger partial charge is 0.378 e. The van der Waals surface area contributed by atoms with Crippen LogP contribution in [0.25, 0.3) is 0 Å². The van der Waals surface area contributed by atoms with Crippen molar-refractivity contribution in [2.75, 3.05) is 37.7 Å². The summed E-state index contributed by atoms with van der Waals surface area (Å²) in [6, 6.07) is 0.300. The number of nitrogens with one attached hydrogen (secondary N) is 1. The maximum absolute atomic E-state index is 5.34. The lowest BCUT2D eigenvalue weighted by Gasteiger charge is -2.27. The van der Waals surface area contributed by atoms with Crippen LogP contribution < -0.4 is 10.2 Å². The van der Waals surface area contributed by atoms with E-state index in [1.807, 2.05) is 6.20 Å². The van der Waals surface area contributed by atoms with Gasteiger partial charge in [-0.05, 0) is 20.4 Å². The van der Waals surface area contributed by atoms with Gasteiger partial charge in [0.25, 0.3) is 0 Å². The molecule has 0 spiro atoms. The van der Waals surface area contributed by atoms with E-state index in [0.717, 1.165) is 44.5 Å². The Morgan fingerprint density at radius 2 is 2.17 bits per heavy atom. The van der Waals surface area contributed by atoms with Crippen molar-refractivity contribution in [3.8, 4) is 0 Å². The molecule has 0 saturated carbocycles. The molecule has 1 atom stereocenters. The molecule has 1 aliphatic rings. The average Bonchev–Trinajstić information content (AvgIpc) is 2.40. The van der Waals surface area contributed by atoms with Crippen LogP contribution in [0, 0.1) is 6.92 Å². The molecule has 2 heterocycles. The first-order valence-corrected chi connectivity index (χ1v) is 6.62. The normalized spacial score (nSPS) is 17.8. The number of aryl methyl sites for hydroxylation is 1. The second-order valence-electron chi connectivity index (χ2n) is 4.59. The number of ether oxygens (including phenoxy) is 1. The van der Waals surface area contributed by atoms with Gasteiger partial charge in [-0.2, -0.15) is 0 Å². The van der Waals surface area contributed by atoms with Gasteiger partial charge in [-0.1, -0.05) is 6.92 Å². The number of rotatable bonds is 4. The van der Waals surface area contributed by atoms with Crippen LogP contribution in [0.15, 0.2) is 6.20 Å². The molecule has 0 aromatic carbocycles. The van der Waals surface area contributed by atoms with Gasteiger partial charge in [0.05, 0.1) is 13.2 Å². The van der Waals surface area contributed by atoms with Gasteiger partial charge in [0, 0.05) is 36.6 Å². The van der Waals surface area contributed by atoms with Gasteiger partial charge in [-0.25, -0.2) is 9.97 Å². The molecule has 1 N–H and O–H groups in total. The van der Waals surface area contributed by atoms with Crippen LogP contribution in [0.5, 0.6) is 0 Å². The molecular weight excluding hydrogens is 228 g/mol. The first-order chi connectivity index (χ1) is 8.72. The second-order valence-corrected chi connectivity index (χ2v) is 4.59. The Morgan fingerprint density at radius 3 is 2.78 bits per heavy atom. The van der Waals surface area contributed by atoms with Crippen LogP contribution in [0.1, 0.15) is 31.1 Å². The second kappa shape index (κ2) is 6.11. The van der Waals surface area contributed by atoms with E-state index in [-0.39, 0.29) is 0 Å². The summed E-state index contributed by atoms with van der Waals surface area (Å²) in [6.45, 7) is 10.5. The van der Waals surface area contributed by atoms with E-state index in [1.165, 1.54) is 5.56 Å². The molecule has 1 aromatic heterocycles. The van der Waals surface area contributed by atoms with Gasteiger partial charge < -0.3 is 15.0 Å². The van der Waals surface area contributed by atoms with Crippen molar-refractivity contribution in [1.29, 1.82) is 0 Å². The summed E-state index contributed by atoms with van der Waals surface area (Å²) in [5.74, 6) is 0.822. The van der Waals surface area contributed by atoms with E-state index < -0.39 is 0 Å². The zero-order valence-corrected chi connectivity index (χ0v) is 11.4. The molecule has 100 valence electrons. The summed E-state index contributed by atoms with van der Waals surface area (Å²) in [5.41, 5.74) is 2.23. The lowest BCUT2D eigenvalue weighted by Crippen LogP contribution is -2.37. The average molecular weight is 250 g/mol. The molecule has 1 aliphatic heterocycles. The molecule has 1 unspecified atom stereocenters. The van der Waals surface area contributed by atoms with Crippen LogP contribution in [0.2, 0.25) is 0 Å². The first-order valence-electron chi connectivity index (χ1n) is 6.62. The highest BCUT2D eigenvalue weighted by molar-refractivity contribution is 5.34. The number of nitrogens with zero attached hydrogens (tertiary/aromatic N) is 3. The minimum absolute atomic E-state index is 0.300. The minimum Gasteiger partial charge on any atom is -0.378 e. The fourth-order valence-electron chi connectivity index (χ4n) is 2.22. The van der Waals surface area contributed by atoms with Gasteiger partial charge in [0.15, 0.2) is 0 Å². The summed E-state index contributed by atoms with van der Waals surface area (Å²) < 4.78 is 5.34. The number of anilines is 1. The monoisotopic (exact) mass is 250 g/mol. The Balaban J connectivity index is 2.13. The summed E-state index contributed by atoms with van der Waals surface area (Å²) in [4.78, 5) is 11.3. The van der Waals surface area contributed by atoms with E-state index in [2.05, 4.69) is 41.0 Å². The third-order valence-corrected chi connectivity index (χ3v) is 3.28.